The van der Waals surface area contributed by atoms with E-state index < -0.39 is 0 Å². The normalized spacial score (nSPS) is 10.6. The molecule has 1 aromatic rings. The van der Waals surface area contributed by atoms with E-state index >= 15 is 0 Å². The lowest BCUT2D eigenvalue weighted by Crippen LogP contribution is -2.04. The highest BCUT2D eigenvalue weighted by molar-refractivity contribution is 5.99. The molecule has 86 valence electrons. The van der Waals surface area contributed by atoms with Crippen molar-refractivity contribution in [2.45, 2.75) is 20.3 Å². The molecule has 0 saturated heterocycles. The number of nitrogens with one attached hydrogen (secondary N) is 1. The van der Waals surface area contributed by atoms with Crippen LogP contribution in [0.15, 0.2) is 30.4 Å². The van der Waals surface area contributed by atoms with Crippen LogP contribution in [0, 0.1) is 0 Å². The lowest BCUT2D eigenvalue weighted by Gasteiger charge is -2.08. The summed E-state index contributed by atoms with van der Waals surface area (Å²) >= 11 is 0. The molecule has 0 unspecified atom stereocenters. The van der Waals surface area contributed by atoms with E-state index in [0.29, 0.717) is 11.3 Å². The van der Waals surface area contributed by atoms with Crippen LogP contribution < -0.4 is 11.1 Å². The van der Waals surface area contributed by atoms with E-state index in [0.717, 1.165) is 18.7 Å². The summed E-state index contributed by atoms with van der Waals surface area (Å²) in [5.74, 6) is -0.00500. The van der Waals surface area contributed by atoms with Crippen LogP contribution in [0.3, 0.4) is 0 Å². The summed E-state index contributed by atoms with van der Waals surface area (Å²) in [6.07, 6.45) is 5.08. The van der Waals surface area contributed by atoms with Crippen molar-refractivity contribution in [1.82, 2.24) is 0 Å². The molecule has 3 heteroatoms. The monoisotopic (exact) mass is 218 g/mol. The number of carbonyl (C=O) groups is 1. The Balaban J connectivity index is 2.67. The third kappa shape index (κ3) is 3.42. The minimum Gasteiger partial charge on any atom is -0.398 e. The minimum atomic E-state index is -0.00500. The van der Waals surface area contributed by atoms with Crippen molar-refractivity contribution in [1.29, 1.82) is 0 Å². The Hall–Kier alpha value is -1.77. The first kappa shape index (κ1) is 12.3. The summed E-state index contributed by atoms with van der Waals surface area (Å²) in [6.45, 7) is 4.37. The first-order chi connectivity index (χ1) is 7.65. The quantitative estimate of drug-likeness (QED) is 0.346. The number of ketones is 1. The third-order valence-electron chi connectivity index (χ3n) is 2.31. The average molecular weight is 218 g/mol. The number of nitrogens with two attached hydrogens (primary N) is 1. The van der Waals surface area contributed by atoms with Crippen LogP contribution in [0.2, 0.25) is 0 Å². The van der Waals surface area contributed by atoms with Gasteiger partial charge in [0, 0.05) is 23.5 Å². The molecule has 0 aliphatic rings. The number of hydrogen-bond acceptors (Lipinski definition) is 3. The lowest BCUT2D eigenvalue weighted by atomic mass is 10.1. The van der Waals surface area contributed by atoms with E-state index in [-0.39, 0.29) is 5.78 Å². The molecule has 0 saturated carbocycles. The van der Waals surface area contributed by atoms with Crippen molar-refractivity contribution >= 4 is 17.2 Å². The number of Topliss-reactive ketones (excluding diaryl/α,β-unsaturated/α-hetero) is 1. The predicted molar refractivity (Wildman–Crippen MR) is 68.8 cm³/mol. The van der Waals surface area contributed by atoms with E-state index in [4.69, 9.17) is 5.73 Å². The van der Waals surface area contributed by atoms with E-state index in [9.17, 15) is 4.79 Å². The summed E-state index contributed by atoms with van der Waals surface area (Å²) in [5.41, 5.74) is 7.75. The molecule has 0 radical (unpaired) electrons. The Morgan fingerprint density at radius 2 is 2.25 bits per heavy atom. The molecule has 0 heterocycles. The van der Waals surface area contributed by atoms with Gasteiger partial charge in [-0.2, -0.15) is 0 Å². The fraction of sp³-hybridized carbons (Fsp3) is 0.308. The highest BCUT2D eigenvalue weighted by atomic mass is 16.1. The molecule has 3 N–H and O–H groups in total. The zero-order valence-corrected chi connectivity index (χ0v) is 9.79. The molecule has 0 fully saturated rings. The fourth-order valence-electron chi connectivity index (χ4n) is 1.44. The summed E-state index contributed by atoms with van der Waals surface area (Å²) in [5, 5.41) is 3.24. The van der Waals surface area contributed by atoms with Crippen molar-refractivity contribution in [2.75, 3.05) is 17.6 Å². The van der Waals surface area contributed by atoms with E-state index in [1.54, 1.807) is 12.1 Å². The average Bonchev–Trinajstić information content (AvgIpc) is 2.26. The van der Waals surface area contributed by atoms with Gasteiger partial charge in [-0.05, 0) is 38.5 Å². The molecule has 0 aromatic heterocycles. The Morgan fingerprint density at radius 1 is 1.50 bits per heavy atom. The van der Waals surface area contributed by atoms with Crippen LogP contribution in [-0.2, 0) is 0 Å². The Bertz CT molecular complexity index is 397. The maximum atomic E-state index is 11.3. The van der Waals surface area contributed by atoms with Gasteiger partial charge in [-0.1, -0.05) is 12.2 Å². The maximum Gasteiger partial charge on any atom is 0.161 e. The third-order valence-corrected chi connectivity index (χ3v) is 2.31. The Kier molecular flexibility index (Phi) is 4.58. The fourth-order valence-corrected chi connectivity index (χ4v) is 1.44. The number of hydrogen-bond donors (Lipinski definition) is 2. The van der Waals surface area contributed by atoms with Crippen LogP contribution in [0.4, 0.5) is 11.4 Å². The topological polar surface area (TPSA) is 55.1 Å². The van der Waals surface area contributed by atoms with Crippen molar-refractivity contribution in [3.05, 3.63) is 35.9 Å². The highest BCUT2D eigenvalue weighted by Gasteiger charge is 2.04. The first-order valence-electron chi connectivity index (χ1n) is 5.40. The molecular formula is C13H18N2O. The van der Waals surface area contributed by atoms with Gasteiger partial charge in [-0.15, -0.1) is 0 Å². The Morgan fingerprint density at radius 3 is 2.88 bits per heavy atom. The molecule has 0 spiro atoms. The van der Waals surface area contributed by atoms with E-state index in [2.05, 4.69) is 11.4 Å². The van der Waals surface area contributed by atoms with Gasteiger partial charge in [0.1, 0.15) is 0 Å². The van der Waals surface area contributed by atoms with Gasteiger partial charge in [0.15, 0.2) is 5.78 Å². The highest BCUT2D eigenvalue weighted by Crippen LogP contribution is 2.18. The van der Waals surface area contributed by atoms with Crippen LogP contribution in [0.1, 0.15) is 30.6 Å². The number of carbonyl (C=O) groups excluding carboxylic acids is 1. The smallest absolute Gasteiger partial charge is 0.161 e. The molecule has 0 amide bonds. The molecule has 1 rings (SSSR count). The summed E-state index contributed by atoms with van der Waals surface area (Å²) in [4.78, 5) is 11.3. The Labute approximate surface area is 96.3 Å². The van der Waals surface area contributed by atoms with Crippen LogP contribution in [0.25, 0.3) is 0 Å². The van der Waals surface area contributed by atoms with Crippen LogP contribution in [-0.4, -0.2) is 12.3 Å². The largest absolute Gasteiger partial charge is 0.398 e. The zero-order valence-electron chi connectivity index (χ0n) is 9.79. The van der Waals surface area contributed by atoms with Crippen molar-refractivity contribution < 1.29 is 4.79 Å². The zero-order chi connectivity index (χ0) is 12.0. The van der Waals surface area contributed by atoms with Crippen LogP contribution >= 0.6 is 0 Å². The molecule has 0 bridgehead atoms. The van der Waals surface area contributed by atoms with Crippen molar-refractivity contribution in [3.63, 3.8) is 0 Å². The minimum absolute atomic E-state index is 0.00500. The molecule has 0 atom stereocenters. The van der Waals surface area contributed by atoms with Gasteiger partial charge in [-0.3, -0.25) is 4.79 Å². The standard InChI is InChI=1S/C13H18N2O/c1-3-4-5-8-15-11-6-7-13(14)12(9-11)10(2)16/h3-4,6-7,9,15H,5,8,14H2,1-2H3/b4-3+. The van der Waals surface area contributed by atoms with Crippen LogP contribution in [0.5, 0.6) is 0 Å². The van der Waals surface area contributed by atoms with Gasteiger partial charge in [0.25, 0.3) is 0 Å². The number of allylic oxidation sites excluding steroid dienone is 1. The molecule has 0 aliphatic carbocycles. The summed E-state index contributed by atoms with van der Waals surface area (Å²) in [6, 6.07) is 5.44. The molecule has 16 heavy (non-hydrogen) atoms. The number of nitrogen functional groups attached to an aromatic ring is 1. The number of rotatable bonds is 5. The van der Waals surface area contributed by atoms with Gasteiger partial charge in [0.05, 0.1) is 0 Å². The number of anilines is 2. The lowest BCUT2D eigenvalue weighted by molar-refractivity contribution is 0.101. The van der Waals surface area contributed by atoms with E-state index in [1.807, 2.05) is 19.1 Å². The second kappa shape index (κ2) is 5.95. The van der Waals surface area contributed by atoms with Gasteiger partial charge < -0.3 is 11.1 Å². The number of benzene rings is 1. The molecular weight excluding hydrogens is 200 g/mol. The SMILES string of the molecule is C/C=C/CCNc1ccc(N)c(C(C)=O)c1. The summed E-state index contributed by atoms with van der Waals surface area (Å²) < 4.78 is 0. The second-order valence-electron chi connectivity index (χ2n) is 3.64. The predicted octanol–water partition coefficient (Wildman–Crippen LogP) is 2.85. The van der Waals surface area contributed by atoms with Gasteiger partial charge >= 0.3 is 0 Å². The molecule has 1 aromatic carbocycles. The van der Waals surface area contributed by atoms with Crippen molar-refractivity contribution in [2.24, 2.45) is 0 Å². The summed E-state index contributed by atoms with van der Waals surface area (Å²) in [7, 11) is 0. The molecule has 3 nitrogen and oxygen atoms in total. The van der Waals surface area contributed by atoms with Gasteiger partial charge in [0.2, 0.25) is 0 Å². The van der Waals surface area contributed by atoms with E-state index in [1.165, 1.54) is 6.92 Å². The van der Waals surface area contributed by atoms with Gasteiger partial charge in [-0.25, -0.2) is 0 Å². The maximum absolute atomic E-state index is 11.3. The van der Waals surface area contributed by atoms with Crippen molar-refractivity contribution in [3.8, 4) is 0 Å². The first-order valence-corrected chi connectivity index (χ1v) is 5.40. The second-order valence-corrected chi connectivity index (χ2v) is 3.64. The molecule has 0 aliphatic heterocycles.